The molecule has 4 heteroatoms. The fourth-order valence-electron chi connectivity index (χ4n) is 1.70. The molecule has 1 fully saturated rings. The van der Waals surface area contributed by atoms with Crippen LogP contribution >= 0.6 is 0 Å². The molecule has 1 heterocycles. The van der Waals surface area contributed by atoms with E-state index in [2.05, 4.69) is 5.92 Å². The maximum Gasteiger partial charge on any atom is 0.160 e. The molecule has 4 nitrogen and oxygen atoms in total. The highest BCUT2D eigenvalue weighted by Crippen LogP contribution is 2.23. The summed E-state index contributed by atoms with van der Waals surface area (Å²) in [6, 6.07) is 0. The number of aliphatic hydroxyl groups is 1. The molecule has 0 bridgehead atoms. The van der Waals surface area contributed by atoms with Gasteiger partial charge in [0.05, 0.1) is 12.2 Å². The molecule has 0 spiro atoms. The van der Waals surface area contributed by atoms with Crippen molar-refractivity contribution in [3.8, 4) is 12.3 Å². The van der Waals surface area contributed by atoms with Crippen LogP contribution in [0.3, 0.4) is 0 Å². The molecule has 15 heavy (non-hydrogen) atoms. The van der Waals surface area contributed by atoms with Crippen LogP contribution in [0.1, 0.15) is 20.3 Å². The average Bonchev–Trinajstić information content (AvgIpc) is 2.17. The summed E-state index contributed by atoms with van der Waals surface area (Å²) in [6.45, 7) is 4.49. The second-order valence-corrected chi connectivity index (χ2v) is 3.51. The number of ether oxygens (including phenoxy) is 3. The van der Waals surface area contributed by atoms with Crippen molar-refractivity contribution >= 4 is 0 Å². The van der Waals surface area contributed by atoms with Gasteiger partial charge in [-0.2, -0.15) is 0 Å². The maximum atomic E-state index is 9.81. The van der Waals surface area contributed by atoms with E-state index in [1.165, 1.54) is 0 Å². The Balaban J connectivity index is 2.45. The van der Waals surface area contributed by atoms with E-state index in [1.54, 1.807) is 0 Å². The van der Waals surface area contributed by atoms with E-state index >= 15 is 0 Å². The average molecular weight is 214 g/mol. The molecule has 0 aliphatic carbocycles. The standard InChI is InChI=1S/C11H18O4/c1-4-6-14-11-8(3)15-10(13-5-2)7-9(11)12/h1,8-12H,5-7H2,2-3H3. The van der Waals surface area contributed by atoms with Crippen LogP contribution in [-0.2, 0) is 14.2 Å². The summed E-state index contributed by atoms with van der Waals surface area (Å²) in [7, 11) is 0. The van der Waals surface area contributed by atoms with Gasteiger partial charge >= 0.3 is 0 Å². The smallest absolute Gasteiger partial charge is 0.160 e. The molecule has 1 aliphatic heterocycles. The summed E-state index contributed by atoms with van der Waals surface area (Å²) in [5.74, 6) is 2.37. The summed E-state index contributed by atoms with van der Waals surface area (Å²) < 4.78 is 16.1. The van der Waals surface area contributed by atoms with Gasteiger partial charge in [-0.25, -0.2) is 0 Å². The molecule has 86 valence electrons. The van der Waals surface area contributed by atoms with Crippen LogP contribution in [0.2, 0.25) is 0 Å². The van der Waals surface area contributed by atoms with Crippen molar-refractivity contribution < 1.29 is 19.3 Å². The van der Waals surface area contributed by atoms with Gasteiger partial charge in [-0.1, -0.05) is 5.92 Å². The monoisotopic (exact) mass is 214 g/mol. The predicted octanol–water partition coefficient (Wildman–Crippen LogP) is 0.537. The molecule has 1 saturated heterocycles. The molecular formula is C11H18O4. The zero-order valence-electron chi connectivity index (χ0n) is 9.18. The van der Waals surface area contributed by atoms with E-state index in [0.717, 1.165) is 0 Å². The Kier molecular flexibility index (Phi) is 5.06. The normalized spacial score (nSPS) is 36.1. The van der Waals surface area contributed by atoms with E-state index in [0.29, 0.717) is 13.0 Å². The minimum Gasteiger partial charge on any atom is -0.390 e. The lowest BCUT2D eigenvalue weighted by Crippen LogP contribution is -2.49. The van der Waals surface area contributed by atoms with Crippen LogP contribution in [0.15, 0.2) is 0 Å². The Morgan fingerprint density at radius 1 is 1.53 bits per heavy atom. The van der Waals surface area contributed by atoms with Gasteiger partial charge in [-0.3, -0.25) is 0 Å². The van der Waals surface area contributed by atoms with Crippen molar-refractivity contribution in [3.63, 3.8) is 0 Å². The third-order valence-electron chi connectivity index (χ3n) is 2.35. The summed E-state index contributed by atoms with van der Waals surface area (Å²) in [6.07, 6.45) is 4.01. The molecule has 4 atom stereocenters. The van der Waals surface area contributed by atoms with Gasteiger partial charge in [0.2, 0.25) is 0 Å². The molecule has 1 aliphatic rings. The minimum atomic E-state index is -0.585. The first kappa shape index (κ1) is 12.5. The zero-order valence-corrected chi connectivity index (χ0v) is 9.18. The van der Waals surface area contributed by atoms with Crippen molar-refractivity contribution in [2.45, 2.75) is 44.9 Å². The number of aliphatic hydroxyl groups excluding tert-OH is 1. The lowest BCUT2D eigenvalue weighted by atomic mass is 10.0. The molecule has 0 aromatic rings. The highest BCUT2D eigenvalue weighted by molar-refractivity contribution is 4.87. The Labute approximate surface area is 90.5 Å². The highest BCUT2D eigenvalue weighted by atomic mass is 16.7. The van der Waals surface area contributed by atoms with Crippen LogP contribution in [0.5, 0.6) is 0 Å². The SMILES string of the molecule is C#CCOC1C(O)CC(OCC)OC1C. The second-order valence-electron chi connectivity index (χ2n) is 3.51. The Hall–Kier alpha value is -0.600. The van der Waals surface area contributed by atoms with Gasteiger partial charge in [0, 0.05) is 13.0 Å². The van der Waals surface area contributed by atoms with Gasteiger partial charge in [0.15, 0.2) is 6.29 Å². The molecule has 0 aromatic heterocycles. The van der Waals surface area contributed by atoms with E-state index in [4.69, 9.17) is 20.6 Å². The Bertz CT molecular complexity index is 211. The minimum absolute atomic E-state index is 0.189. The molecular weight excluding hydrogens is 196 g/mol. The number of hydrogen-bond acceptors (Lipinski definition) is 4. The maximum absolute atomic E-state index is 9.81. The quantitative estimate of drug-likeness (QED) is 0.694. The van der Waals surface area contributed by atoms with Crippen LogP contribution < -0.4 is 0 Å². The summed E-state index contributed by atoms with van der Waals surface area (Å²) in [5, 5.41) is 9.81. The number of terminal acetylenes is 1. The molecule has 1 N–H and O–H groups in total. The van der Waals surface area contributed by atoms with Crippen LogP contribution in [0, 0.1) is 12.3 Å². The van der Waals surface area contributed by atoms with E-state index in [-0.39, 0.29) is 25.1 Å². The number of hydrogen-bond donors (Lipinski definition) is 1. The molecule has 4 unspecified atom stereocenters. The van der Waals surface area contributed by atoms with Crippen molar-refractivity contribution in [3.05, 3.63) is 0 Å². The second kappa shape index (κ2) is 6.09. The van der Waals surface area contributed by atoms with Gasteiger partial charge in [-0.05, 0) is 13.8 Å². The first-order chi connectivity index (χ1) is 7.19. The van der Waals surface area contributed by atoms with Gasteiger partial charge in [0.25, 0.3) is 0 Å². The van der Waals surface area contributed by atoms with Crippen molar-refractivity contribution in [1.82, 2.24) is 0 Å². The van der Waals surface area contributed by atoms with Crippen molar-refractivity contribution in [2.75, 3.05) is 13.2 Å². The van der Waals surface area contributed by atoms with Gasteiger partial charge in [-0.15, -0.1) is 6.42 Å². The fourth-order valence-corrected chi connectivity index (χ4v) is 1.70. The van der Waals surface area contributed by atoms with Crippen LogP contribution in [0.25, 0.3) is 0 Å². The molecule has 0 amide bonds. The first-order valence-electron chi connectivity index (χ1n) is 5.19. The third kappa shape index (κ3) is 3.47. The van der Waals surface area contributed by atoms with Gasteiger partial charge < -0.3 is 19.3 Å². The predicted molar refractivity (Wildman–Crippen MR) is 55.2 cm³/mol. The molecule has 0 radical (unpaired) electrons. The zero-order chi connectivity index (χ0) is 11.3. The lowest BCUT2D eigenvalue weighted by molar-refractivity contribution is -0.251. The summed E-state index contributed by atoms with van der Waals surface area (Å²) in [5.41, 5.74) is 0. The van der Waals surface area contributed by atoms with Gasteiger partial charge in [0.1, 0.15) is 12.7 Å². The fraction of sp³-hybridized carbons (Fsp3) is 0.818. The molecule has 0 aromatic carbocycles. The van der Waals surface area contributed by atoms with Crippen molar-refractivity contribution in [1.29, 1.82) is 0 Å². The summed E-state index contributed by atoms with van der Waals surface area (Å²) >= 11 is 0. The van der Waals surface area contributed by atoms with E-state index in [9.17, 15) is 5.11 Å². The van der Waals surface area contributed by atoms with Crippen LogP contribution in [-0.4, -0.2) is 42.9 Å². The lowest BCUT2D eigenvalue weighted by Gasteiger charge is -2.37. The van der Waals surface area contributed by atoms with Crippen molar-refractivity contribution in [2.24, 2.45) is 0 Å². The topological polar surface area (TPSA) is 47.9 Å². The first-order valence-corrected chi connectivity index (χ1v) is 5.19. The molecule has 0 saturated carbocycles. The highest BCUT2D eigenvalue weighted by Gasteiger charge is 2.36. The van der Waals surface area contributed by atoms with E-state index < -0.39 is 6.10 Å². The Morgan fingerprint density at radius 2 is 2.27 bits per heavy atom. The number of rotatable bonds is 4. The molecule has 1 rings (SSSR count). The van der Waals surface area contributed by atoms with E-state index in [1.807, 2.05) is 13.8 Å². The van der Waals surface area contributed by atoms with Crippen LogP contribution in [0.4, 0.5) is 0 Å². The summed E-state index contributed by atoms with van der Waals surface area (Å²) in [4.78, 5) is 0. The Morgan fingerprint density at radius 3 is 2.80 bits per heavy atom. The third-order valence-corrected chi connectivity index (χ3v) is 2.35. The largest absolute Gasteiger partial charge is 0.390 e.